The molecular weight excluding hydrogens is 436 g/mol. The molecule has 0 aromatic heterocycles. The SMILES string of the molecule is CCCc1cc(-c2ccc(-c3ccccc3CN3CCN(C)CC3)cc2)cc(C(=O)O)c1N=NC. The molecule has 182 valence electrons. The van der Waals surface area contributed by atoms with Gasteiger partial charge in [0, 0.05) is 39.8 Å². The topological polar surface area (TPSA) is 68.5 Å². The Balaban J connectivity index is 1.64. The fourth-order valence-electron chi connectivity index (χ4n) is 4.73. The summed E-state index contributed by atoms with van der Waals surface area (Å²) in [6, 6.07) is 20.8. The van der Waals surface area contributed by atoms with Crippen molar-refractivity contribution < 1.29 is 9.90 Å². The number of hydrogen-bond acceptors (Lipinski definition) is 5. The van der Waals surface area contributed by atoms with Crippen molar-refractivity contribution >= 4 is 11.7 Å². The monoisotopic (exact) mass is 470 g/mol. The van der Waals surface area contributed by atoms with Crippen molar-refractivity contribution in [2.75, 3.05) is 40.3 Å². The van der Waals surface area contributed by atoms with Crippen molar-refractivity contribution in [2.24, 2.45) is 10.2 Å². The summed E-state index contributed by atoms with van der Waals surface area (Å²) >= 11 is 0. The van der Waals surface area contributed by atoms with E-state index < -0.39 is 5.97 Å². The predicted octanol–water partition coefficient (Wildman–Crippen LogP) is 6.13. The summed E-state index contributed by atoms with van der Waals surface area (Å²) in [7, 11) is 3.74. The van der Waals surface area contributed by atoms with E-state index in [-0.39, 0.29) is 5.56 Å². The van der Waals surface area contributed by atoms with Crippen molar-refractivity contribution in [3.05, 3.63) is 77.4 Å². The summed E-state index contributed by atoms with van der Waals surface area (Å²) < 4.78 is 0. The molecule has 4 rings (SSSR count). The lowest BCUT2D eigenvalue weighted by Gasteiger charge is -2.32. The molecule has 35 heavy (non-hydrogen) atoms. The average molecular weight is 471 g/mol. The number of carbonyl (C=O) groups is 1. The summed E-state index contributed by atoms with van der Waals surface area (Å²) in [4.78, 5) is 16.9. The van der Waals surface area contributed by atoms with Gasteiger partial charge < -0.3 is 10.0 Å². The summed E-state index contributed by atoms with van der Waals surface area (Å²) in [5, 5.41) is 17.8. The van der Waals surface area contributed by atoms with Crippen molar-refractivity contribution in [1.29, 1.82) is 0 Å². The van der Waals surface area contributed by atoms with Gasteiger partial charge in [0.2, 0.25) is 0 Å². The van der Waals surface area contributed by atoms with E-state index in [0.29, 0.717) is 5.69 Å². The molecule has 0 atom stereocenters. The van der Waals surface area contributed by atoms with Gasteiger partial charge in [0.15, 0.2) is 0 Å². The highest BCUT2D eigenvalue weighted by Gasteiger charge is 2.18. The van der Waals surface area contributed by atoms with Crippen LogP contribution in [0.15, 0.2) is 70.9 Å². The quantitative estimate of drug-likeness (QED) is 0.402. The Kier molecular flexibility index (Phi) is 8.06. The fourth-order valence-corrected chi connectivity index (χ4v) is 4.73. The lowest BCUT2D eigenvalue weighted by atomic mass is 9.93. The van der Waals surface area contributed by atoms with Crippen LogP contribution in [0.4, 0.5) is 5.69 Å². The van der Waals surface area contributed by atoms with Gasteiger partial charge in [-0.15, -0.1) is 0 Å². The smallest absolute Gasteiger partial charge is 0.337 e. The highest BCUT2D eigenvalue weighted by molar-refractivity contribution is 5.96. The van der Waals surface area contributed by atoms with Gasteiger partial charge in [-0.25, -0.2) is 4.79 Å². The van der Waals surface area contributed by atoms with Crippen molar-refractivity contribution in [3.63, 3.8) is 0 Å². The molecule has 0 aliphatic carbocycles. The number of aromatic carboxylic acids is 1. The number of hydrogen-bond donors (Lipinski definition) is 1. The zero-order chi connectivity index (χ0) is 24.8. The van der Waals surface area contributed by atoms with Crippen LogP contribution >= 0.6 is 0 Å². The van der Waals surface area contributed by atoms with Gasteiger partial charge in [-0.1, -0.05) is 61.9 Å². The second-order valence-electron chi connectivity index (χ2n) is 9.20. The molecule has 0 bridgehead atoms. The zero-order valence-corrected chi connectivity index (χ0v) is 20.9. The highest BCUT2D eigenvalue weighted by atomic mass is 16.4. The molecule has 1 fully saturated rings. The van der Waals surface area contributed by atoms with E-state index in [9.17, 15) is 9.90 Å². The van der Waals surface area contributed by atoms with Crippen molar-refractivity contribution in [1.82, 2.24) is 9.80 Å². The number of azo groups is 1. The molecule has 0 spiro atoms. The molecule has 6 heteroatoms. The van der Waals surface area contributed by atoms with E-state index in [0.717, 1.165) is 62.3 Å². The number of piperazine rings is 1. The first kappa shape index (κ1) is 24.8. The molecule has 0 radical (unpaired) electrons. The summed E-state index contributed by atoms with van der Waals surface area (Å²) in [5.74, 6) is -0.985. The van der Waals surface area contributed by atoms with Crippen LogP contribution in [-0.2, 0) is 13.0 Å². The van der Waals surface area contributed by atoms with Gasteiger partial charge in [0.05, 0.1) is 5.56 Å². The van der Waals surface area contributed by atoms with Crippen LogP contribution in [0.1, 0.15) is 34.8 Å². The maximum absolute atomic E-state index is 12.0. The standard InChI is InChI=1S/C29H34N4O2/c1-4-7-23-18-25(19-27(29(34)35)28(23)31-30-2)21-10-12-22(13-11-21)26-9-6-5-8-24(26)20-33-16-14-32(3)15-17-33/h5-6,8-13,18-19H,4,7,14-17,20H2,1-3H3,(H,34,35). The normalized spacial score (nSPS) is 15.1. The fraction of sp³-hybridized carbons (Fsp3) is 0.345. The van der Waals surface area contributed by atoms with Crippen LogP contribution < -0.4 is 0 Å². The maximum atomic E-state index is 12.0. The predicted molar refractivity (Wildman–Crippen MR) is 141 cm³/mol. The first-order chi connectivity index (χ1) is 17.0. The molecule has 3 aromatic carbocycles. The van der Waals surface area contributed by atoms with Crippen LogP contribution in [-0.4, -0.2) is 61.2 Å². The Hall–Kier alpha value is -3.35. The van der Waals surface area contributed by atoms with E-state index in [1.54, 1.807) is 13.1 Å². The van der Waals surface area contributed by atoms with Gasteiger partial charge in [-0.05, 0) is 59.0 Å². The van der Waals surface area contributed by atoms with Crippen LogP contribution in [0.2, 0.25) is 0 Å². The number of nitrogens with zero attached hydrogens (tertiary/aromatic N) is 4. The van der Waals surface area contributed by atoms with Gasteiger partial charge in [0.25, 0.3) is 0 Å². The third-order valence-electron chi connectivity index (χ3n) is 6.68. The van der Waals surface area contributed by atoms with Gasteiger partial charge in [0.1, 0.15) is 5.69 Å². The van der Waals surface area contributed by atoms with Gasteiger partial charge >= 0.3 is 5.97 Å². The lowest BCUT2D eigenvalue weighted by molar-refractivity contribution is 0.0697. The molecule has 1 heterocycles. The number of benzene rings is 3. The number of carboxylic acid groups (broad SMARTS) is 1. The minimum absolute atomic E-state index is 0.193. The first-order valence-electron chi connectivity index (χ1n) is 12.3. The largest absolute Gasteiger partial charge is 0.478 e. The number of aryl methyl sites for hydroxylation is 1. The zero-order valence-electron chi connectivity index (χ0n) is 20.9. The minimum atomic E-state index is -0.985. The number of likely N-dealkylation sites (N-methyl/N-ethyl adjacent to an activating group) is 1. The number of rotatable bonds is 8. The Bertz CT molecular complexity index is 1200. The van der Waals surface area contributed by atoms with E-state index in [4.69, 9.17) is 0 Å². The third kappa shape index (κ3) is 5.84. The van der Waals surface area contributed by atoms with Crippen molar-refractivity contribution in [2.45, 2.75) is 26.3 Å². The second-order valence-corrected chi connectivity index (χ2v) is 9.20. The highest BCUT2D eigenvalue weighted by Crippen LogP contribution is 2.34. The summed E-state index contributed by atoms with van der Waals surface area (Å²) in [5.41, 5.74) is 7.19. The van der Waals surface area contributed by atoms with E-state index in [2.05, 4.69) is 88.6 Å². The molecule has 1 aliphatic heterocycles. The molecule has 1 saturated heterocycles. The summed E-state index contributed by atoms with van der Waals surface area (Å²) in [6.07, 6.45) is 1.65. The first-order valence-corrected chi connectivity index (χ1v) is 12.3. The number of carboxylic acids is 1. The van der Waals surface area contributed by atoms with E-state index >= 15 is 0 Å². The molecule has 0 amide bonds. The van der Waals surface area contributed by atoms with Gasteiger partial charge in [-0.2, -0.15) is 10.2 Å². The van der Waals surface area contributed by atoms with E-state index in [1.807, 2.05) is 0 Å². The Morgan fingerprint density at radius 2 is 1.60 bits per heavy atom. The molecular formula is C29H34N4O2. The Morgan fingerprint density at radius 3 is 2.26 bits per heavy atom. The molecule has 1 N–H and O–H groups in total. The third-order valence-corrected chi connectivity index (χ3v) is 6.68. The molecule has 3 aromatic rings. The molecule has 0 unspecified atom stereocenters. The van der Waals surface area contributed by atoms with Crippen LogP contribution in [0.5, 0.6) is 0 Å². The average Bonchev–Trinajstić information content (AvgIpc) is 2.87. The minimum Gasteiger partial charge on any atom is -0.478 e. The van der Waals surface area contributed by atoms with Crippen molar-refractivity contribution in [3.8, 4) is 22.3 Å². The summed E-state index contributed by atoms with van der Waals surface area (Å²) in [6.45, 7) is 7.41. The molecule has 0 saturated carbocycles. The molecule has 1 aliphatic rings. The lowest BCUT2D eigenvalue weighted by Crippen LogP contribution is -2.43. The molecule has 6 nitrogen and oxygen atoms in total. The second kappa shape index (κ2) is 11.4. The maximum Gasteiger partial charge on any atom is 0.337 e. The van der Waals surface area contributed by atoms with E-state index in [1.165, 1.54) is 16.7 Å². The van der Waals surface area contributed by atoms with Gasteiger partial charge in [-0.3, -0.25) is 4.90 Å². The van der Waals surface area contributed by atoms with Crippen LogP contribution in [0.3, 0.4) is 0 Å². The van der Waals surface area contributed by atoms with Crippen LogP contribution in [0, 0.1) is 0 Å². The Morgan fingerprint density at radius 1 is 0.914 bits per heavy atom. The van der Waals surface area contributed by atoms with Crippen LogP contribution in [0.25, 0.3) is 22.3 Å². The Labute approximate surface area is 207 Å².